The Hall–Kier alpha value is -1.93. The van der Waals surface area contributed by atoms with Gasteiger partial charge in [0.15, 0.2) is 24.9 Å². The van der Waals surface area contributed by atoms with Crippen molar-refractivity contribution in [1.29, 1.82) is 0 Å². The molecule has 0 radical (unpaired) electrons. The van der Waals surface area contributed by atoms with E-state index in [-0.39, 0.29) is 6.42 Å². The predicted octanol–water partition coefficient (Wildman–Crippen LogP) is -1.91. The normalized spacial score (nSPS) is 32.2. The summed E-state index contributed by atoms with van der Waals surface area (Å²) < 4.78 is 62.7. The van der Waals surface area contributed by atoms with E-state index in [2.05, 4.69) is 13.1 Å². The minimum absolute atomic E-state index is 0.141. The topological polar surface area (TPSA) is 303 Å². The first kappa shape index (κ1) is 31.0. The number of H-pyrrole nitrogens is 1. The van der Waals surface area contributed by atoms with Gasteiger partial charge in [0, 0.05) is 18.7 Å². The Morgan fingerprint density at radius 1 is 0.950 bits per heavy atom. The lowest BCUT2D eigenvalue weighted by molar-refractivity contribution is -0.304. The maximum Gasteiger partial charge on any atom is 0.490 e. The largest absolute Gasteiger partial charge is 0.490 e. The molecule has 2 aliphatic rings. The Bertz CT molecular complexity index is 1510. The average molecular weight is 634 g/mol. The monoisotopic (exact) mass is 634 g/mol. The minimum atomic E-state index is -6.00. The fraction of sp³-hybridized carbons (Fsp3) is 0.412. The van der Waals surface area contributed by atoms with E-state index < -0.39 is 71.2 Å². The van der Waals surface area contributed by atoms with Crippen molar-refractivity contribution in [3.05, 3.63) is 69.0 Å². The van der Waals surface area contributed by atoms with Crippen LogP contribution in [0.4, 0.5) is 0 Å². The third-order valence-electron chi connectivity index (χ3n) is 5.40. The molecule has 4 unspecified atom stereocenters. The number of hydrogen-bond acceptors (Lipinski definition) is 14. The minimum Gasteiger partial charge on any atom is -0.365 e. The fourth-order valence-electron chi connectivity index (χ4n) is 3.93. The Balaban J connectivity index is 1.66. The van der Waals surface area contributed by atoms with Crippen LogP contribution in [0.3, 0.4) is 0 Å². The molecule has 0 saturated carbocycles. The van der Waals surface area contributed by atoms with Crippen molar-refractivity contribution >= 4 is 23.5 Å². The van der Waals surface area contributed by atoms with Crippen LogP contribution in [0.25, 0.3) is 0 Å². The van der Waals surface area contributed by atoms with Crippen molar-refractivity contribution in [2.45, 2.75) is 42.9 Å². The van der Waals surface area contributed by atoms with E-state index in [1.54, 1.807) is 30.3 Å². The Kier molecular flexibility index (Phi) is 8.31. The molecule has 2 fully saturated rings. The molecule has 8 N–H and O–H groups in total. The summed E-state index contributed by atoms with van der Waals surface area (Å²) in [5.74, 6) is -6.29. The summed E-state index contributed by atoms with van der Waals surface area (Å²) in [5, 5.41) is 33.2. The zero-order valence-corrected chi connectivity index (χ0v) is 22.2. The lowest BCUT2D eigenvalue weighted by Crippen LogP contribution is -2.59. The number of aliphatic hydroxyl groups excluding tert-OH is 1. The molecule has 2 saturated heterocycles. The summed E-state index contributed by atoms with van der Waals surface area (Å²) in [6, 6.07) is 9.05. The lowest BCUT2D eigenvalue weighted by atomic mass is 10.0. The summed E-state index contributed by atoms with van der Waals surface area (Å²) in [6.45, 7) is 0. The first-order chi connectivity index (χ1) is 18.3. The van der Waals surface area contributed by atoms with Crippen LogP contribution in [0.2, 0.25) is 0 Å². The number of nitrogens with zero attached hydrogens (tertiary/aromatic N) is 1. The average Bonchev–Trinajstić information content (AvgIpc) is 3.14. The number of aromatic amines is 1. The Morgan fingerprint density at radius 3 is 2.17 bits per heavy atom. The Morgan fingerprint density at radius 2 is 1.57 bits per heavy atom. The van der Waals surface area contributed by atoms with Crippen molar-refractivity contribution in [3.8, 4) is 0 Å². The van der Waals surface area contributed by atoms with Gasteiger partial charge < -0.3 is 49.1 Å². The quantitative estimate of drug-likeness (QED) is 0.104. The number of benzene rings is 1. The van der Waals surface area contributed by atoms with Crippen LogP contribution in [-0.2, 0) is 47.5 Å². The first-order valence-electron chi connectivity index (χ1n) is 10.7. The smallest absolute Gasteiger partial charge is 0.365 e. The molecule has 1 aromatic carbocycles. The van der Waals surface area contributed by atoms with Crippen molar-refractivity contribution < 1.29 is 75.9 Å². The molecule has 23 heteroatoms. The molecule has 0 aliphatic carbocycles. The van der Waals surface area contributed by atoms with Gasteiger partial charge in [-0.3, -0.25) is 18.9 Å². The molecule has 0 spiro atoms. The highest BCUT2D eigenvalue weighted by Crippen LogP contribution is 2.67. The van der Waals surface area contributed by atoms with Gasteiger partial charge in [0.2, 0.25) is 0 Å². The van der Waals surface area contributed by atoms with Gasteiger partial charge >= 0.3 is 29.2 Å². The molecule has 8 atom stereocenters. The van der Waals surface area contributed by atoms with Gasteiger partial charge in [-0.25, -0.2) is 18.5 Å². The number of aliphatic hydroxyl groups is 3. The molecule has 40 heavy (non-hydrogen) atoms. The van der Waals surface area contributed by atoms with Crippen molar-refractivity contribution in [2.24, 2.45) is 0 Å². The number of phosphoric ester groups is 1. The lowest BCUT2D eigenvalue weighted by Gasteiger charge is -2.32. The molecule has 0 amide bonds. The first-order valence-corrected chi connectivity index (χ1v) is 15.2. The van der Waals surface area contributed by atoms with Gasteiger partial charge in [-0.1, -0.05) is 30.3 Å². The second kappa shape index (κ2) is 10.7. The zero-order valence-electron chi connectivity index (χ0n) is 19.5. The summed E-state index contributed by atoms with van der Waals surface area (Å²) in [6.07, 6.45) is -8.35. The standard InChI is InChI=1S/C17H21N2O18P3/c20-10-6-7-19(15(22)18-10)14-17(24)16(23,33-11(34-17)8-9-4-2-1-3-5-9)12(32-14)13(21)35-39(28,29)37-40(30,31)36-38(25,26)27/h1-7,11-14,21,23-24H,8H2,(H,28,29)(H,30,31)(H,18,20,22)(H2,25,26,27)/t11?,12-,13?,14-,16+,17-/m1/s1. The van der Waals surface area contributed by atoms with Gasteiger partial charge in [0.1, 0.15) is 0 Å². The fourth-order valence-corrected chi connectivity index (χ4v) is 6.97. The van der Waals surface area contributed by atoms with Crippen LogP contribution in [0.15, 0.2) is 52.2 Å². The van der Waals surface area contributed by atoms with E-state index in [1.165, 1.54) is 0 Å². The predicted molar refractivity (Wildman–Crippen MR) is 122 cm³/mol. The third kappa shape index (κ3) is 6.43. The van der Waals surface area contributed by atoms with E-state index in [9.17, 15) is 48.4 Å². The van der Waals surface area contributed by atoms with Gasteiger partial charge in [0.25, 0.3) is 17.1 Å². The Labute approximate surface area is 221 Å². The summed E-state index contributed by atoms with van der Waals surface area (Å²) >= 11 is 0. The number of rotatable bonds is 10. The molecular formula is C17H21N2O18P3. The van der Waals surface area contributed by atoms with Crippen LogP contribution in [0.1, 0.15) is 11.8 Å². The van der Waals surface area contributed by atoms with Gasteiger partial charge in [-0.2, -0.15) is 8.62 Å². The van der Waals surface area contributed by atoms with Crippen molar-refractivity contribution in [1.82, 2.24) is 9.55 Å². The van der Waals surface area contributed by atoms with Crippen molar-refractivity contribution in [3.63, 3.8) is 0 Å². The van der Waals surface area contributed by atoms with Crippen LogP contribution in [0, 0.1) is 0 Å². The van der Waals surface area contributed by atoms with Gasteiger partial charge in [-0.15, -0.1) is 0 Å². The molecule has 2 aromatic rings. The molecule has 2 aliphatic heterocycles. The second-order valence-corrected chi connectivity index (χ2v) is 12.6. The number of fused-ring (bicyclic) bond motifs is 1. The van der Waals surface area contributed by atoms with E-state index in [0.717, 1.165) is 12.3 Å². The maximum absolute atomic E-state index is 12.4. The number of phosphoric acid groups is 3. The third-order valence-corrected chi connectivity index (χ3v) is 9.21. The molecule has 3 heterocycles. The number of ether oxygens (including phenoxy) is 3. The number of hydrogen-bond donors (Lipinski definition) is 8. The second-order valence-electron chi connectivity index (χ2n) is 8.26. The molecule has 222 valence electrons. The van der Waals surface area contributed by atoms with Gasteiger partial charge in [0.05, 0.1) is 0 Å². The SMILES string of the molecule is O=c1ccn([C@@H]2O[C@H](C(O)OP(=O)(O)OP(=O)(O)OP(=O)(O)O)[C@]3(O)OC(Cc4ccccc4)O[C@]23O)c(=O)[nH]1. The van der Waals surface area contributed by atoms with Gasteiger partial charge in [-0.05, 0) is 5.56 Å². The summed E-state index contributed by atoms with van der Waals surface area (Å²) in [7, 11) is -17.7. The summed E-state index contributed by atoms with van der Waals surface area (Å²) in [5.41, 5.74) is -1.51. The molecule has 20 nitrogen and oxygen atoms in total. The van der Waals surface area contributed by atoms with Crippen LogP contribution in [0.5, 0.6) is 0 Å². The van der Waals surface area contributed by atoms with Crippen LogP contribution in [-0.4, -0.2) is 74.7 Å². The highest BCUT2D eigenvalue weighted by atomic mass is 31.3. The van der Waals surface area contributed by atoms with Crippen LogP contribution < -0.4 is 11.2 Å². The summed E-state index contributed by atoms with van der Waals surface area (Å²) in [4.78, 5) is 62.1. The number of aromatic nitrogens is 2. The molecule has 4 rings (SSSR count). The van der Waals surface area contributed by atoms with E-state index in [1.807, 2.05) is 4.98 Å². The molecule has 0 bridgehead atoms. The molecular weight excluding hydrogens is 613 g/mol. The number of nitrogens with one attached hydrogen (secondary N) is 1. The highest BCUT2D eigenvalue weighted by molar-refractivity contribution is 7.66. The van der Waals surface area contributed by atoms with E-state index >= 15 is 0 Å². The van der Waals surface area contributed by atoms with Crippen molar-refractivity contribution in [2.75, 3.05) is 0 Å². The maximum atomic E-state index is 12.4. The van der Waals surface area contributed by atoms with E-state index in [0.29, 0.717) is 10.1 Å². The van der Waals surface area contributed by atoms with E-state index in [4.69, 9.17) is 24.0 Å². The zero-order chi connectivity index (χ0) is 29.7. The molecule has 1 aromatic heterocycles. The highest BCUT2D eigenvalue weighted by Gasteiger charge is 2.76. The van der Waals surface area contributed by atoms with Crippen LogP contribution >= 0.6 is 23.5 Å².